The molecule has 0 radical (unpaired) electrons. The van der Waals surface area contributed by atoms with Crippen LogP contribution in [0.2, 0.25) is 0 Å². The molecule has 0 N–H and O–H groups in total. The first-order chi connectivity index (χ1) is 13.7. The lowest BCUT2D eigenvalue weighted by atomic mass is 9.67. The van der Waals surface area contributed by atoms with Crippen molar-refractivity contribution in [2.45, 2.75) is 62.9 Å². The Labute approximate surface area is 169 Å². The molecule has 0 atom stereocenters. The van der Waals surface area contributed by atoms with Gasteiger partial charge in [-0.05, 0) is 86.8 Å². The van der Waals surface area contributed by atoms with E-state index in [2.05, 4.69) is 24.3 Å². The minimum atomic E-state index is -0.157. The van der Waals surface area contributed by atoms with Crippen LogP contribution in [0.1, 0.15) is 68.4 Å². The molecule has 1 aromatic rings. The maximum absolute atomic E-state index is 8.97. The maximum Gasteiger partial charge on any atom is 0.0991 e. The van der Waals surface area contributed by atoms with Crippen LogP contribution in [0.5, 0.6) is 0 Å². The van der Waals surface area contributed by atoms with Gasteiger partial charge < -0.3 is 4.74 Å². The SMILES string of the molecule is CO[C@]1(C=CC=CC#N)CC[C@H]([C@H]2CC[C@H](c3ccc(C#N)cc3)CC2)CC1. The second-order valence-corrected chi connectivity index (χ2v) is 8.30. The summed E-state index contributed by atoms with van der Waals surface area (Å²) in [6.07, 6.45) is 17.1. The molecular formula is C25H30N2O. The first-order valence-corrected chi connectivity index (χ1v) is 10.5. The van der Waals surface area contributed by atoms with E-state index in [1.165, 1.54) is 50.2 Å². The number of allylic oxidation sites excluding steroid dienone is 3. The molecule has 0 spiro atoms. The van der Waals surface area contributed by atoms with E-state index in [0.29, 0.717) is 5.92 Å². The smallest absolute Gasteiger partial charge is 0.0991 e. The topological polar surface area (TPSA) is 56.8 Å². The second-order valence-electron chi connectivity index (χ2n) is 8.30. The Bertz CT molecular complexity index is 762. The van der Waals surface area contributed by atoms with E-state index < -0.39 is 0 Å². The van der Waals surface area contributed by atoms with Crippen LogP contribution >= 0.6 is 0 Å². The van der Waals surface area contributed by atoms with Gasteiger partial charge in [-0.1, -0.05) is 30.4 Å². The van der Waals surface area contributed by atoms with E-state index in [-0.39, 0.29) is 5.60 Å². The van der Waals surface area contributed by atoms with Crippen LogP contribution in [0, 0.1) is 34.5 Å². The van der Waals surface area contributed by atoms with Gasteiger partial charge in [0, 0.05) is 13.2 Å². The van der Waals surface area contributed by atoms with Crippen LogP contribution in [-0.2, 0) is 4.74 Å². The summed E-state index contributed by atoms with van der Waals surface area (Å²) >= 11 is 0. The summed E-state index contributed by atoms with van der Waals surface area (Å²) in [6, 6.07) is 12.4. The summed E-state index contributed by atoms with van der Waals surface area (Å²) in [5.41, 5.74) is 1.99. The quantitative estimate of drug-likeness (QED) is 0.466. The Morgan fingerprint density at radius 2 is 1.57 bits per heavy atom. The summed E-state index contributed by atoms with van der Waals surface area (Å²) in [5.74, 6) is 2.31. The molecular weight excluding hydrogens is 344 g/mol. The molecule has 3 nitrogen and oxygen atoms in total. The molecule has 28 heavy (non-hydrogen) atoms. The number of methoxy groups -OCH3 is 1. The van der Waals surface area contributed by atoms with Gasteiger partial charge in [0.15, 0.2) is 0 Å². The van der Waals surface area contributed by atoms with E-state index in [0.717, 1.165) is 30.2 Å². The van der Waals surface area contributed by atoms with Crippen molar-refractivity contribution in [2.75, 3.05) is 7.11 Å². The zero-order chi connectivity index (χ0) is 19.8. The average molecular weight is 375 g/mol. The van der Waals surface area contributed by atoms with Crippen molar-refractivity contribution in [3.05, 3.63) is 59.7 Å². The van der Waals surface area contributed by atoms with Gasteiger partial charge in [0.1, 0.15) is 0 Å². The number of hydrogen-bond acceptors (Lipinski definition) is 3. The van der Waals surface area contributed by atoms with Gasteiger partial charge >= 0.3 is 0 Å². The molecule has 1 aromatic carbocycles. The molecule has 0 saturated heterocycles. The highest BCUT2D eigenvalue weighted by atomic mass is 16.5. The third-order valence-electron chi connectivity index (χ3n) is 6.91. The Hall–Kier alpha value is -2.36. The highest BCUT2D eigenvalue weighted by Crippen LogP contribution is 2.45. The van der Waals surface area contributed by atoms with E-state index in [9.17, 15) is 0 Å². The molecule has 0 heterocycles. The van der Waals surface area contributed by atoms with E-state index >= 15 is 0 Å². The predicted molar refractivity (Wildman–Crippen MR) is 111 cm³/mol. The third kappa shape index (κ3) is 4.92. The summed E-state index contributed by atoms with van der Waals surface area (Å²) in [7, 11) is 1.81. The summed E-state index contributed by atoms with van der Waals surface area (Å²) in [6.45, 7) is 0. The number of nitrogens with zero attached hydrogens (tertiary/aromatic N) is 2. The first-order valence-electron chi connectivity index (χ1n) is 10.5. The van der Waals surface area contributed by atoms with Crippen molar-refractivity contribution in [3.63, 3.8) is 0 Å². The average Bonchev–Trinajstić information content (AvgIpc) is 2.77. The van der Waals surface area contributed by atoms with Crippen molar-refractivity contribution in [1.29, 1.82) is 10.5 Å². The zero-order valence-electron chi connectivity index (χ0n) is 16.8. The largest absolute Gasteiger partial charge is 0.374 e. The molecule has 0 aliphatic heterocycles. The summed E-state index contributed by atoms with van der Waals surface area (Å²) < 4.78 is 5.86. The van der Waals surface area contributed by atoms with Crippen LogP contribution in [0.3, 0.4) is 0 Å². The number of nitriles is 2. The lowest BCUT2D eigenvalue weighted by Gasteiger charge is -2.42. The fourth-order valence-corrected chi connectivity index (χ4v) is 5.12. The standard InChI is InChI=1S/C25H30N2O/c1-28-25(15-3-2-4-18-26)16-13-24(14-17-25)23-11-9-22(10-12-23)21-7-5-20(19-27)6-8-21/h2-8,15,22-24H,9-14,16-17H2,1H3/t22-,23-,24-,25+. The molecule has 2 aliphatic rings. The number of benzene rings is 1. The van der Waals surface area contributed by atoms with E-state index in [1.807, 2.05) is 31.4 Å². The highest BCUT2D eigenvalue weighted by Gasteiger charge is 2.37. The first kappa shape index (κ1) is 20.4. The Morgan fingerprint density at radius 3 is 2.14 bits per heavy atom. The minimum absolute atomic E-state index is 0.157. The van der Waals surface area contributed by atoms with Gasteiger partial charge in [-0.3, -0.25) is 0 Å². The van der Waals surface area contributed by atoms with Gasteiger partial charge in [-0.15, -0.1) is 0 Å². The lowest BCUT2D eigenvalue weighted by molar-refractivity contribution is -0.0193. The fourth-order valence-electron chi connectivity index (χ4n) is 5.12. The van der Waals surface area contributed by atoms with Crippen LogP contribution in [0.15, 0.2) is 48.6 Å². The molecule has 3 heteroatoms. The maximum atomic E-state index is 8.97. The van der Waals surface area contributed by atoms with Crippen LogP contribution < -0.4 is 0 Å². The van der Waals surface area contributed by atoms with Gasteiger partial charge in [0.2, 0.25) is 0 Å². The van der Waals surface area contributed by atoms with Crippen LogP contribution in [-0.4, -0.2) is 12.7 Å². The zero-order valence-corrected chi connectivity index (χ0v) is 16.8. The fraction of sp³-hybridized carbons (Fsp3) is 0.520. The van der Waals surface area contributed by atoms with E-state index in [1.54, 1.807) is 6.08 Å². The molecule has 0 aromatic heterocycles. The van der Waals surface area contributed by atoms with Crippen molar-refractivity contribution in [2.24, 2.45) is 11.8 Å². The summed E-state index contributed by atoms with van der Waals surface area (Å²) in [4.78, 5) is 0. The van der Waals surface area contributed by atoms with Gasteiger partial charge in [0.05, 0.1) is 23.3 Å². The third-order valence-corrected chi connectivity index (χ3v) is 6.91. The van der Waals surface area contributed by atoms with Gasteiger partial charge in [-0.2, -0.15) is 10.5 Å². The lowest BCUT2D eigenvalue weighted by Crippen LogP contribution is -2.36. The number of ether oxygens (including phenoxy) is 1. The normalized spacial score (nSPS) is 30.9. The van der Waals surface area contributed by atoms with E-state index in [4.69, 9.17) is 15.3 Å². The highest BCUT2D eigenvalue weighted by molar-refractivity contribution is 5.33. The predicted octanol–water partition coefficient (Wildman–Crippen LogP) is 6.04. The molecule has 3 rings (SSSR count). The summed E-state index contributed by atoms with van der Waals surface area (Å²) in [5, 5.41) is 17.6. The molecule has 2 fully saturated rings. The molecule has 0 bridgehead atoms. The van der Waals surface area contributed by atoms with Gasteiger partial charge in [-0.25, -0.2) is 0 Å². The van der Waals surface area contributed by atoms with Crippen LogP contribution in [0.25, 0.3) is 0 Å². The van der Waals surface area contributed by atoms with Crippen molar-refractivity contribution in [3.8, 4) is 12.1 Å². The Kier molecular flexibility index (Phi) is 7.07. The number of hydrogen-bond donors (Lipinski definition) is 0. The van der Waals surface area contributed by atoms with Gasteiger partial charge in [0.25, 0.3) is 0 Å². The van der Waals surface area contributed by atoms with Crippen LogP contribution in [0.4, 0.5) is 0 Å². The monoisotopic (exact) mass is 374 g/mol. The Balaban J connectivity index is 1.50. The molecule has 0 unspecified atom stereocenters. The molecule has 2 aliphatic carbocycles. The number of rotatable bonds is 5. The van der Waals surface area contributed by atoms with Crippen molar-refractivity contribution in [1.82, 2.24) is 0 Å². The molecule has 0 amide bonds. The minimum Gasteiger partial charge on any atom is -0.374 e. The molecule has 146 valence electrons. The van der Waals surface area contributed by atoms with Crippen molar-refractivity contribution >= 4 is 0 Å². The second kappa shape index (κ2) is 9.72. The molecule has 2 saturated carbocycles. The van der Waals surface area contributed by atoms with Crippen molar-refractivity contribution < 1.29 is 4.74 Å². The Morgan fingerprint density at radius 1 is 0.929 bits per heavy atom.